The number of hydrogen-bond donors (Lipinski definition) is 2. The Labute approximate surface area is 127 Å². The Morgan fingerprint density at radius 1 is 1.43 bits per heavy atom. The van der Waals surface area contributed by atoms with Crippen molar-refractivity contribution < 1.29 is 9.84 Å². The van der Waals surface area contributed by atoms with Crippen molar-refractivity contribution >= 4 is 0 Å². The number of aliphatic hydroxyl groups excluding tert-OH is 1. The van der Waals surface area contributed by atoms with Gasteiger partial charge in [-0.1, -0.05) is 25.5 Å². The fourth-order valence-corrected chi connectivity index (χ4v) is 3.12. The van der Waals surface area contributed by atoms with Crippen LogP contribution in [-0.4, -0.2) is 42.4 Å². The van der Waals surface area contributed by atoms with Gasteiger partial charge < -0.3 is 15.6 Å². The molecule has 1 aromatic rings. The first-order valence-corrected chi connectivity index (χ1v) is 7.97. The van der Waals surface area contributed by atoms with Gasteiger partial charge in [0.2, 0.25) is 0 Å². The van der Waals surface area contributed by atoms with E-state index in [1.54, 1.807) is 7.11 Å². The molecule has 4 heteroatoms. The molecule has 3 N–H and O–H groups in total. The summed E-state index contributed by atoms with van der Waals surface area (Å²) in [7, 11) is 1.69. The van der Waals surface area contributed by atoms with E-state index in [1.165, 1.54) is 24.8 Å². The minimum atomic E-state index is 0.0595. The first kappa shape index (κ1) is 16.3. The maximum absolute atomic E-state index is 9.45. The van der Waals surface area contributed by atoms with Gasteiger partial charge >= 0.3 is 0 Å². The summed E-state index contributed by atoms with van der Waals surface area (Å²) in [5.74, 6) is 0.860. The fraction of sp³-hybridized carbons (Fsp3) is 0.647. The molecule has 0 heterocycles. The molecule has 0 spiro atoms. The molecule has 0 saturated heterocycles. The number of rotatable bonds is 8. The Bertz CT molecular complexity index is 435. The van der Waals surface area contributed by atoms with Crippen molar-refractivity contribution in [2.24, 2.45) is 5.73 Å². The van der Waals surface area contributed by atoms with E-state index < -0.39 is 0 Å². The van der Waals surface area contributed by atoms with E-state index in [0.717, 1.165) is 12.2 Å². The number of aliphatic hydroxyl groups is 1. The van der Waals surface area contributed by atoms with Crippen LogP contribution in [0.4, 0.5) is 0 Å². The van der Waals surface area contributed by atoms with E-state index in [0.29, 0.717) is 12.6 Å². The molecular weight excluding hydrogens is 264 g/mol. The predicted molar refractivity (Wildman–Crippen MR) is 85.4 cm³/mol. The van der Waals surface area contributed by atoms with Gasteiger partial charge in [-0.25, -0.2) is 0 Å². The van der Waals surface area contributed by atoms with E-state index in [9.17, 15) is 5.11 Å². The highest BCUT2D eigenvalue weighted by Crippen LogP contribution is 2.35. The van der Waals surface area contributed by atoms with E-state index in [2.05, 4.69) is 24.0 Å². The van der Waals surface area contributed by atoms with Gasteiger partial charge in [-0.3, -0.25) is 4.90 Å². The van der Waals surface area contributed by atoms with Crippen LogP contribution in [0.15, 0.2) is 24.3 Å². The molecule has 118 valence electrons. The maximum Gasteiger partial charge on any atom is 0.119 e. The Morgan fingerprint density at radius 2 is 2.19 bits per heavy atom. The molecule has 2 rings (SSSR count). The summed E-state index contributed by atoms with van der Waals surface area (Å²) in [5.41, 5.74) is 7.61. The second-order valence-electron chi connectivity index (χ2n) is 5.84. The molecule has 0 aromatic heterocycles. The van der Waals surface area contributed by atoms with Crippen LogP contribution in [0.3, 0.4) is 0 Å². The lowest BCUT2D eigenvalue weighted by molar-refractivity contribution is 0.0472. The molecule has 0 bridgehead atoms. The standard InChI is InChI=1S/C17H28N2O2/c1-3-16(18)17(13-6-4-9-15(12-13)21-2)19(10-11-20)14-7-5-8-14/h4,6,9,12,14,16-17,20H,3,5,7-8,10-11,18H2,1-2H3. The van der Waals surface area contributed by atoms with Crippen molar-refractivity contribution in [3.63, 3.8) is 0 Å². The van der Waals surface area contributed by atoms with Crippen molar-refractivity contribution in [2.75, 3.05) is 20.3 Å². The van der Waals surface area contributed by atoms with E-state index in [1.807, 2.05) is 12.1 Å². The van der Waals surface area contributed by atoms with Crippen molar-refractivity contribution in [1.82, 2.24) is 4.90 Å². The zero-order valence-corrected chi connectivity index (χ0v) is 13.2. The summed E-state index contributed by atoms with van der Waals surface area (Å²) >= 11 is 0. The van der Waals surface area contributed by atoms with Crippen LogP contribution in [-0.2, 0) is 0 Å². The lowest BCUT2D eigenvalue weighted by Crippen LogP contribution is -2.49. The van der Waals surface area contributed by atoms with Crippen LogP contribution in [0.2, 0.25) is 0 Å². The quantitative estimate of drug-likeness (QED) is 0.772. The van der Waals surface area contributed by atoms with Gasteiger partial charge in [0.1, 0.15) is 5.75 Å². The van der Waals surface area contributed by atoms with Gasteiger partial charge in [0, 0.05) is 18.6 Å². The first-order chi connectivity index (χ1) is 10.2. The highest BCUT2D eigenvalue weighted by Gasteiger charge is 2.33. The number of ether oxygens (including phenoxy) is 1. The van der Waals surface area contributed by atoms with Crippen LogP contribution >= 0.6 is 0 Å². The van der Waals surface area contributed by atoms with Crippen LogP contribution in [0, 0.1) is 0 Å². The van der Waals surface area contributed by atoms with E-state index in [4.69, 9.17) is 10.5 Å². The number of nitrogens with zero attached hydrogens (tertiary/aromatic N) is 1. The van der Waals surface area contributed by atoms with Crippen molar-refractivity contribution in [3.8, 4) is 5.75 Å². The highest BCUT2D eigenvalue weighted by atomic mass is 16.5. The zero-order chi connectivity index (χ0) is 15.2. The van der Waals surface area contributed by atoms with Gasteiger partial charge in [0.05, 0.1) is 19.8 Å². The average Bonchev–Trinajstić information content (AvgIpc) is 2.46. The van der Waals surface area contributed by atoms with Gasteiger partial charge in [0.15, 0.2) is 0 Å². The zero-order valence-electron chi connectivity index (χ0n) is 13.2. The molecule has 21 heavy (non-hydrogen) atoms. The number of methoxy groups -OCH3 is 1. The Hall–Kier alpha value is -1.10. The second kappa shape index (κ2) is 7.78. The molecule has 1 fully saturated rings. The molecule has 1 aliphatic rings. The van der Waals surface area contributed by atoms with Crippen LogP contribution in [0.25, 0.3) is 0 Å². The summed E-state index contributed by atoms with van der Waals surface area (Å²) < 4.78 is 5.35. The molecule has 2 unspecified atom stereocenters. The van der Waals surface area contributed by atoms with Crippen molar-refractivity contribution in [3.05, 3.63) is 29.8 Å². The first-order valence-electron chi connectivity index (χ1n) is 7.97. The average molecular weight is 292 g/mol. The minimum Gasteiger partial charge on any atom is -0.497 e. The van der Waals surface area contributed by atoms with Gasteiger partial charge in [-0.05, 0) is 37.0 Å². The van der Waals surface area contributed by atoms with E-state index >= 15 is 0 Å². The molecule has 0 aliphatic heterocycles. The molecule has 1 aliphatic carbocycles. The summed E-state index contributed by atoms with van der Waals surface area (Å²) in [6.45, 7) is 2.98. The number of hydrogen-bond acceptors (Lipinski definition) is 4. The Balaban J connectivity index is 2.30. The third kappa shape index (κ3) is 3.76. The van der Waals surface area contributed by atoms with Crippen molar-refractivity contribution in [2.45, 2.75) is 50.7 Å². The number of benzene rings is 1. The van der Waals surface area contributed by atoms with Crippen LogP contribution in [0.1, 0.15) is 44.2 Å². The molecule has 2 atom stereocenters. The lowest BCUT2D eigenvalue weighted by Gasteiger charge is -2.44. The smallest absolute Gasteiger partial charge is 0.119 e. The summed E-state index contributed by atoms with van der Waals surface area (Å²) in [5, 5.41) is 9.45. The summed E-state index contributed by atoms with van der Waals surface area (Å²) in [6, 6.07) is 8.91. The largest absolute Gasteiger partial charge is 0.497 e. The van der Waals surface area contributed by atoms with Gasteiger partial charge in [-0.15, -0.1) is 0 Å². The minimum absolute atomic E-state index is 0.0595. The molecule has 0 amide bonds. The normalized spacial score (nSPS) is 18.3. The van der Waals surface area contributed by atoms with Crippen LogP contribution in [0.5, 0.6) is 5.75 Å². The second-order valence-corrected chi connectivity index (χ2v) is 5.84. The monoisotopic (exact) mass is 292 g/mol. The topological polar surface area (TPSA) is 58.7 Å². The van der Waals surface area contributed by atoms with E-state index in [-0.39, 0.29) is 18.7 Å². The summed E-state index contributed by atoms with van der Waals surface area (Å²) in [6.07, 6.45) is 4.60. The molecule has 4 nitrogen and oxygen atoms in total. The van der Waals surface area contributed by atoms with Gasteiger partial charge in [0.25, 0.3) is 0 Å². The van der Waals surface area contributed by atoms with Crippen LogP contribution < -0.4 is 10.5 Å². The van der Waals surface area contributed by atoms with Crippen molar-refractivity contribution in [1.29, 1.82) is 0 Å². The molecule has 0 radical (unpaired) electrons. The Kier molecular flexibility index (Phi) is 6.03. The van der Waals surface area contributed by atoms with Gasteiger partial charge in [-0.2, -0.15) is 0 Å². The fourth-order valence-electron chi connectivity index (χ4n) is 3.12. The third-order valence-electron chi connectivity index (χ3n) is 4.57. The highest BCUT2D eigenvalue weighted by molar-refractivity contribution is 5.31. The SMILES string of the molecule is CCC(N)C(c1cccc(OC)c1)N(CCO)C1CCC1. The Morgan fingerprint density at radius 3 is 2.71 bits per heavy atom. The number of nitrogens with two attached hydrogens (primary N) is 1. The molecule has 1 aromatic carbocycles. The summed E-state index contributed by atoms with van der Waals surface area (Å²) in [4.78, 5) is 2.40. The third-order valence-corrected chi connectivity index (χ3v) is 4.57. The molecular formula is C17H28N2O2. The lowest BCUT2D eigenvalue weighted by atomic mass is 9.86. The molecule has 1 saturated carbocycles. The maximum atomic E-state index is 9.45. The predicted octanol–water partition coefficient (Wildman–Crippen LogP) is 2.32.